The number of anilines is 2. The lowest BCUT2D eigenvalue weighted by atomic mass is 9.85. The summed E-state index contributed by atoms with van der Waals surface area (Å²) < 4.78 is 10.8. The standard InChI is InChI=1S/C28H26N4O4S/c1-17-6-4-7-20(14-17)32-27(34)25-18(2)30-28(22(15-29)26(25)23-8-5-13-36-23)37-16-24(33)31-19-9-11-21(35-3)12-10-19/h4-14,26,30H,16H2,1-3H3,(H,31,33)(H,32,34)/t26-/m0/s1. The minimum atomic E-state index is -0.724. The van der Waals surface area contributed by atoms with E-state index in [0.29, 0.717) is 44.8 Å². The highest BCUT2D eigenvalue weighted by atomic mass is 32.2. The number of nitrogens with one attached hydrogen (secondary N) is 3. The maximum atomic E-state index is 13.4. The minimum absolute atomic E-state index is 0.0581. The van der Waals surface area contributed by atoms with Gasteiger partial charge in [-0.1, -0.05) is 23.9 Å². The van der Waals surface area contributed by atoms with Crippen LogP contribution in [0.1, 0.15) is 24.2 Å². The number of thioether (sulfide) groups is 1. The molecule has 37 heavy (non-hydrogen) atoms. The maximum Gasteiger partial charge on any atom is 0.254 e. The zero-order valence-corrected chi connectivity index (χ0v) is 21.4. The fraction of sp³-hybridized carbons (Fsp3) is 0.179. The van der Waals surface area contributed by atoms with Crippen LogP contribution in [0.5, 0.6) is 5.75 Å². The normalized spacial score (nSPS) is 15.0. The van der Waals surface area contributed by atoms with Gasteiger partial charge in [-0.15, -0.1) is 0 Å². The van der Waals surface area contributed by atoms with Gasteiger partial charge in [0, 0.05) is 17.1 Å². The van der Waals surface area contributed by atoms with Crippen LogP contribution >= 0.6 is 11.8 Å². The number of carbonyl (C=O) groups is 2. The number of hydrogen-bond acceptors (Lipinski definition) is 7. The molecule has 2 aromatic carbocycles. The molecule has 0 saturated carbocycles. The lowest BCUT2D eigenvalue weighted by Gasteiger charge is -2.28. The third-order valence-electron chi connectivity index (χ3n) is 5.72. The Morgan fingerprint density at radius 1 is 1.08 bits per heavy atom. The first-order chi connectivity index (χ1) is 17.9. The Morgan fingerprint density at radius 3 is 2.51 bits per heavy atom. The molecule has 0 unspecified atom stereocenters. The molecule has 0 fully saturated rings. The first-order valence-electron chi connectivity index (χ1n) is 11.5. The lowest BCUT2D eigenvalue weighted by molar-refractivity contribution is -0.114. The van der Waals surface area contributed by atoms with Crippen LogP contribution in [0, 0.1) is 18.3 Å². The van der Waals surface area contributed by atoms with E-state index in [1.807, 2.05) is 31.2 Å². The largest absolute Gasteiger partial charge is 0.497 e. The number of furan rings is 1. The van der Waals surface area contributed by atoms with E-state index in [1.54, 1.807) is 50.4 Å². The van der Waals surface area contributed by atoms with Crippen molar-refractivity contribution in [3.63, 3.8) is 0 Å². The highest BCUT2D eigenvalue weighted by molar-refractivity contribution is 8.03. The number of dihydropyridines is 1. The molecule has 3 N–H and O–H groups in total. The van der Waals surface area contributed by atoms with Gasteiger partial charge in [0.25, 0.3) is 5.91 Å². The molecule has 1 atom stereocenters. The molecular weight excluding hydrogens is 488 g/mol. The first-order valence-corrected chi connectivity index (χ1v) is 12.5. The van der Waals surface area contributed by atoms with Crippen molar-refractivity contribution in [1.29, 1.82) is 5.26 Å². The van der Waals surface area contributed by atoms with Crippen molar-refractivity contribution >= 4 is 35.0 Å². The molecule has 0 bridgehead atoms. The van der Waals surface area contributed by atoms with Gasteiger partial charge in [-0.25, -0.2) is 0 Å². The van der Waals surface area contributed by atoms with Crippen LogP contribution in [-0.4, -0.2) is 24.7 Å². The van der Waals surface area contributed by atoms with Crippen molar-refractivity contribution in [3.8, 4) is 11.8 Å². The summed E-state index contributed by atoms with van der Waals surface area (Å²) in [5.74, 6) is -0.0865. The minimum Gasteiger partial charge on any atom is -0.497 e. The Kier molecular flexibility index (Phi) is 8.01. The van der Waals surface area contributed by atoms with Crippen LogP contribution in [0.3, 0.4) is 0 Å². The number of hydrogen-bond donors (Lipinski definition) is 3. The van der Waals surface area contributed by atoms with E-state index < -0.39 is 5.92 Å². The van der Waals surface area contributed by atoms with Gasteiger partial charge in [0.2, 0.25) is 5.91 Å². The van der Waals surface area contributed by atoms with Crippen LogP contribution in [0.25, 0.3) is 0 Å². The lowest BCUT2D eigenvalue weighted by Crippen LogP contribution is -2.31. The number of allylic oxidation sites excluding steroid dienone is 2. The highest BCUT2D eigenvalue weighted by Gasteiger charge is 2.36. The van der Waals surface area contributed by atoms with Gasteiger partial charge in [0.05, 0.1) is 47.3 Å². The summed E-state index contributed by atoms with van der Waals surface area (Å²) in [7, 11) is 1.58. The van der Waals surface area contributed by atoms with Gasteiger partial charge in [-0.05, 0) is 67.9 Å². The number of ether oxygens (including phenoxy) is 1. The highest BCUT2D eigenvalue weighted by Crippen LogP contribution is 2.41. The second-order valence-corrected chi connectivity index (χ2v) is 9.34. The van der Waals surface area contributed by atoms with E-state index in [2.05, 4.69) is 22.0 Å². The number of nitriles is 1. The van der Waals surface area contributed by atoms with Crippen molar-refractivity contribution in [1.82, 2.24) is 5.32 Å². The predicted molar refractivity (Wildman–Crippen MR) is 144 cm³/mol. The first kappa shape index (κ1) is 25.7. The molecule has 188 valence electrons. The number of rotatable bonds is 8. The van der Waals surface area contributed by atoms with Crippen molar-refractivity contribution < 1.29 is 18.7 Å². The zero-order chi connectivity index (χ0) is 26.4. The topological polar surface area (TPSA) is 116 Å². The maximum absolute atomic E-state index is 13.4. The smallest absolute Gasteiger partial charge is 0.254 e. The van der Waals surface area contributed by atoms with Gasteiger partial charge in [-0.2, -0.15) is 5.26 Å². The quantitative estimate of drug-likeness (QED) is 0.373. The molecule has 1 aliphatic rings. The number of methoxy groups -OCH3 is 1. The summed E-state index contributed by atoms with van der Waals surface area (Å²) in [5.41, 5.74) is 3.55. The predicted octanol–water partition coefficient (Wildman–Crippen LogP) is 5.30. The summed E-state index contributed by atoms with van der Waals surface area (Å²) in [6.07, 6.45) is 1.51. The fourth-order valence-corrected chi connectivity index (χ4v) is 4.89. The Balaban J connectivity index is 1.55. The molecule has 3 aromatic rings. The average molecular weight is 515 g/mol. The summed E-state index contributed by atoms with van der Waals surface area (Å²) in [4.78, 5) is 26.0. The number of aryl methyl sites for hydroxylation is 1. The number of nitrogens with zero attached hydrogens (tertiary/aromatic N) is 1. The van der Waals surface area contributed by atoms with Gasteiger partial charge in [-0.3, -0.25) is 9.59 Å². The molecule has 0 radical (unpaired) electrons. The van der Waals surface area contributed by atoms with Crippen LogP contribution in [-0.2, 0) is 9.59 Å². The molecule has 8 nitrogen and oxygen atoms in total. The van der Waals surface area contributed by atoms with Crippen LogP contribution < -0.4 is 20.7 Å². The van der Waals surface area contributed by atoms with E-state index in [4.69, 9.17) is 9.15 Å². The molecule has 1 aromatic heterocycles. The molecular formula is C28H26N4O4S. The van der Waals surface area contributed by atoms with Gasteiger partial charge in [0.1, 0.15) is 11.5 Å². The second-order valence-electron chi connectivity index (χ2n) is 8.36. The summed E-state index contributed by atoms with van der Waals surface area (Å²) in [6, 6.07) is 20.2. The van der Waals surface area contributed by atoms with E-state index in [1.165, 1.54) is 18.0 Å². The van der Waals surface area contributed by atoms with Crippen molar-refractivity contribution in [2.45, 2.75) is 19.8 Å². The van der Waals surface area contributed by atoms with Gasteiger partial charge >= 0.3 is 0 Å². The van der Waals surface area contributed by atoms with Crippen LogP contribution in [0.15, 0.2) is 93.2 Å². The van der Waals surface area contributed by atoms with Gasteiger partial charge in [0.15, 0.2) is 0 Å². The Bertz CT molecular complexity index is 1400. The molecule has 4 rings (SSSR count). The van der Waals surface area contributed by atoms with Crippen molar-refractivity contribution in [2.24, 2.45) is 0 Å². The summed E-state index contributed by atoms with van der Waals surface area (Å²) in [5, 5.41) is 19.6. The third kappa shape index (κ3) is 6.05. The van der Waals surface area contributed by atoms with E-state index in [0.717, 1.165) is 5.56 Å². The number of amides is 2. The molecule has 2 amide bonds. The van der Waals surface area contributed by atoms with E-state index in [9.17, 15) is 14.9 Å². The van der Waals surface area contributed by atoms with Crippen molar-refractivity contribution in [3.05, 3.63) is 100 Å². The van der Waals surface area contributed by atoms with Crippen molar-refractivity contribution in [2.75, 3.05) is 23.5 Å². The Morgan fingerprint density at radius 2 is 1.86 bits per heavy atom. The average Bonchev–Trinajstić information content (AvgIpc) is 3.42. The number of carbonyl (C=O) groups excluding carboxylic acids is 2. The SMILES string of the molecule is COc1ccc(NC(=O)CSC2=C(C#N)[C@@H](c3ccco3)C(C(=O)Nc3cccc(C)c3)=C(C)N2)cc1. The fourth-order valence-electron chi connectivity index (χ4n) is 4.00. The monoisotopic (exact) mass is 514 g/mol. The van der Waals surface area contributed by atoms with Gasteiger partial charge < -0.3 is 25.1 Å². The molecule has 9 heteroatoms. The third-order valence-corrected chi connectivity index (χ3v) is 6.73. The van der Waals surface area contributed by atoms with Crippen LogP contribution in [0.2, 0.25) is 0 Å². The van der Waals surface area contributed by atoms with E-state index >= 15 is 0 Å². The summed E-state index contributed by atoms with van der Waals surface area (Å²) in [6.45, 7) is 3.71. The molecule has 2 heterocycles. The molecule has 0 aliphatic carbocycles. The zero-order valence-electron chi connectivity index (χ0n) is 20.6. The Labute approximate surface area is 219 Å². The second kappa shape index (κ2) is 11.5. The van der Waals surface area contributed by atoms with E-state index in [-0.39, 0.29) is 17.6 Å². The molecule has 1 aliphatic heterocycles. The Hall–Kier alpha value is -4.42. The number of benzene rings is 2. The molecule has 0 spiro atoms. The summed E-state index contributed by atoms with van der Waals surface area (Å²) >= 11 is 1.19. The van der Waals surface area contributed by atoms with Crippen LogP contribution in [0.4, 0.5) is 11.4 Å². The molecule has 0 saturated heterocycles.